The second kappa shape index (κ2) is 6.98. The Morgan fingerprint density at radius 2 is 2.07 bits per heavy atom. The first-order valence-corrected chi connectivity index (χ1v) is 9.72. The number of rotatable bonds is 3. The molecule has 1 aromatic carbocycles. The Balaban J connectivity index is 1.89. The van der Waals surface area contributed by atoms with Gasteiger partial charge in [0.1, 0.15) is 0 Å². The van der Waals surface area contributed by atoms with E-state index in [-0.39, 0.29) is 18.7 Å². The average molecular weight is 398 g/mol. The number of nitro groups is 1. The van der Waals surface area contributed by atoms with Gasteiger partial charge < -0.3 is 4.90 Å². The summed E-state index contributed by atoms with van der Waals surface area (Å²) in [5, 5.41) is 13.6. The van der Waals surface area contributed by atoms with E-state index in [2.05, 4.69) is 11.9 Å². The summed E-state index contributed by atoms with van der Waals surface area (Å²) in [6.07, 6.45) is 4.82. The van der Waals surface area contributed by atoms with Gasteiger partial charge in [0, 0.05) is 37.3 Å². The number of barbiturate groups is 1. The van der Waals surface area contributed by atoms with E-state index in [4.69, 9.17) is 0 Å². The number of anilines is 1. The van der Waals surface area contributed by atoms with Crippen LogP contribution in [-0.2, 0) is 16.0 Å². The topological polar surface area (TPSA) is 113 Å². The van der Waals surface area contributed by atoms with Gasteiger partial charge in [-0.05, 0) is 24.5 Å². The molecule has 3 aliphatic rings. The predicted molar refractivity (Wildman–Crippen MR) is 104 cm³/mol. The zero-order chi connectivity index (χ0) is 20.8. The van der Waals surface area contributed by atoms with Gasteiger partial charge >= 0.3 is 6.03 Å². The lowest BCUT2D eigenvalue weighted by atomic mass is 9.67. The molecule has 2 fully saturated rings. The summed E-state index contributed by atoms with van der Waals surface area (Å²) in [6.45, 7) is 4.24. The van der Waals surface area contributed by atoms with Crippen LogP contribution in [0.2, 0.25) is 0 Å². The number of fused-ring (bicyclic) bond motifs is 4. The van der Waals surface area contributed by atoms with Crippen molar-refractivity contribution in [2.45, 2.75) is 38.1 Å². The molecule has 3 heterocycles. The highest BCUT2D eigenvalue weighted by Crippen LogP contribution is 2.47. The van der Waals surface area contributed by atoms with Crippen molar-refractivity contribution in [1.82, 2.24) is 10.2 Å². The van der Waals surface area contributed by atoms with Gasteiger partial charge in [-0.15, -0.1) is 6.58 Å². The zero-order valence-corrected chi connectivity index (χ0v) is 15.9. The van der Waals surface area contributed by atoms with Crippen LogP contribution in [0.3, 0.4) is 0 Å². The van der Waals surface area contributed by atoms with Crippen molar-refractivity contribution in [2.24, 2.45) is 5.41 Å². The fraction of sp³-hybridized carbons (Fsp3) is 0.450. The molecule has 2 atom stereocenters. The Hall–Kier alpha value is -3.23. The number of hydrogen-bond donors (Lipinski definition) is 1. The first-order valence-electron chi connectivity index (χ1n) is 9.72. The Bertz CT molecular complexity index is 929. The number of nitrogens with zero attached hydrogens (tertiary/aromatic N) is 3. The van der Waals surface area contributed by atoms with Crippen molar-refractivity contribution in [3.05, 3.63) is 46.5 Å². The lowest BCUT2D eigenvalue weighted by Gasteiger charge is -2.51. The SMILES string of the molecule is C=CCN1C(=O)NC(=O)[C@]2(Cc3cc([N+](=O)[O-])ccc3N3CCCCC[C@H]32)C1=O. The minimum Gasteiger partial charge on any atom is -0.367 e. The van der Waals surface area contributed by atoms with Crippen LogP contribution in [-0.4, -0.2) is 46.8 Å². The van der Waals surface area contributed by atoms with Gasteiger partial charge in [-0.1, -0.05) is 18.9 Å². The van der Waals surface area contributed by atoms with Crippen molar-refractivity contribution in [3.63, 3.8) is 0 Å². The molecule has 1 spiro atoms. The lowest BCUT2D eigenvalue weighted by Crippen LogP contribution is -2.72. The summed E-state index contributed by atoms with van der Waals surface area (Å²) in [5.41, 5.74) is -0.187. The molecule has 0 unspecified atom stereocenters. The second-order valence-electron chi connectivity index (χ2n) is 7.74. The van der Waals surface area contributed by atoms with Crippen molar-refractivity contribution in [1.29, 1.82) is 0 Å². The molecule has 1 aromatic rings. The second-order valence-corrected chi connectivity index (χ2v) is 7.74. The largest absolute Gasteiger partial charge is 0.367 e. The van der Waals surface area contributed by atoms with Crippen molar-refractivity contribution in [2.75, 3.05) is 18.0 Å². The Morgan fingerprint density at radius 3 is 2.79 bits per heavy atom. The van der Waals surface area contributed by atoms with E-state index in [0.717, 1.165) is 29.8 Å². The van der Waals surface area contributed by atoms with Gasteiger partial charge in [-0.2, -0.15) is 0 Å². The summed E-state index contributed by atoms with van der Waals surface area (Å²) in [4.78, 5) is 52.8. The molecule has 152 valence electrons. The third kappa shape index (κ3) is 2.80. The summed E-state index contributed by atoms with van der Waals surface area (Å²) >= 11 is 0. The number of nitro benzene ring substituents is 1. The maximum absolute atomic E-state index is 13.5. The highest BCUT2D eigenvalue weighted by molar-refractivity contribution is 6.20. The van der Waals surface area contributed by atoms with E-state index in [1.54, 1.807) is 6.07 Å². The molecule has 0 aromatic heterocycles. The van der Waals surface area contributed by atoms with Crippen LogP contribution < -0.4 is 10.2 Å². The Labute approximate surface area is 167 Å². The minimum atomic E-state index is -1.50. The molecule has 29 heavy (non-hydrogen) atoms. The fourth-order valence-electron chi connectivity index (χ4n) is 4.89. The smallest absolute Gasteiger partial charge is 0.331 e. The van der Waals surface area contributed by atoms with Crippen LogP contribution in [0.25, 0.3) is 0 Å². The average Bonchev–Trinajstić information content (AvgIpc) is 2.95. The molecule has 0 aliphatic carbocycles. The first-order chi connectivity index (χ1) is 13.9. The third-order valence-electron chi connectivity index (χ3n) is 6.18. The van der Waals surface area contributed by atoms with Crippen LogP contribution in [0.1, 0.15) is 31.2 Å². The van der Waals surface area contributed by atoms with Gasteiger partial charge in [-0.3, -0.25) is 29.9 Å². The molecule has 2 saturated heterocycles. The Kier molecular flexibility index (Phi) is 4.60. The number of nitrogens with one attached hydrogen (secondary N) is 1. The van der Waals surface area contributed by atoms with E-state index in [1.165, 1.54) is 18.2 Å². The molecule has 4 rings (SSSR count). The van der Waals surface area contributed by atoms with Crippen LogP contribution in [0.4, 0.5) is 16.2 Å². The molecule has 3 aliphatic heterocycles. The quantitative estimate of drug-likeness (QED) is 0.361. The van der Waals surface area contributed by atoms with Crippen LogP contribution in [0.5, 0.6) is 0 Å². The number of hydrogen-bond acceptors (Lipinski definition) is 6. The normalized spacial score (nSPS) is 26.5. The van der Waals surface area contributed by atoms with Crippen molar-refractivity contribution in [3.8, 4) is 0 Å². The molecule has 9 nitrogen and oxygen atoms in total. The minimum absolute atomic E-state index is 0.00574. The lowest BCUT2D eigenvalue weighted by molar-refractivity contribution is -0.384. The number of amides is 4. The van der Waals surface area contributed by atoms with E-state index in [9.17, 15) is 24.5 Å². The first kappa shape index (κ1) is 19.1. The van der Waals surface area contributed by atoms with E-state index in [1.807, 2.05) is 4.90 Å². The number of non-ortho nitro benzene ring substituents is 1. The maximum Gasteiger partial charge on any atom is 0.331 e. The summed E-state index contributed by atoms with van der Waals surface area (Å²) in [7, 11) is 0. The molecular weight excluding hydrogens is 376 g/mol. The van der Waals surface area contributed by atoms with Crippen LogP contribution in [0.15, 0.2) is 30.9 Å². The van der Waals surface area contributed by atoms with E-state index >= 15 is 0 Å². The van der Waals surface area contributed by atoms with Gasteiger partial charge in [0.15, 0.2) is 5.41 Å². The fourth-order valence-corrected chi connectivity index (χ4v) is 4.89. The third-order valence-corrected chi connectivity index (χ3v) is 6.18. The van der Waals surface area contributed by atoms with E-state index < -0.39 is 34.2 Å². The predicted octanol–water partition coefficient (Wildman–Crippen LogP) is 2.15. The molecular formula is C20H22N4O5. The summed E-state index contributed by atoms with van der Waals surface area (Å²) in [6, 6.07) is 3.43. The molecule has 0 radical (unpaired) electrons. The number of carbonyl (C=O) groups is 3. The van der Waals surface area contributed by atoms with Gasteiger partial charge in [0.25, 0.3) is 5.69 Å². The number of imide groups is 2. The molecule has 9 heteroatoms. The molecule has 0 saturated carbocycles. The van der Waals surface area contributed by atoms with E-state index in [0.29, 0.717) is 18.5 Å². The standard InChI is InChI=1S/C20H22N4O5/c1-2-9-23-18(26)20(17(25)21-19(23)27)12-13-11-14(24(28)29)7-8-15(13)22-10-5-3-4-6-16(20)22/h2,7-8,11,16H,1,3-6,9-10,12H2,(H,21,25,27)/t16-,20+/m0/s1. The summed E-state index contributed by atoms with van der Waals surface area (Å²) in [5.74, 6) is -1.18. The van der Waals surface area contributed by atoms with Crippen molar-refractivity contribution < 1.29 is 19.3 Å². The summed E-state index contributed by atoms with van der Waals surface area (Å²) < 4.78 is 0. The highest BCUT2D eigenvalue weighted by atomic mass is 16.6. The highest BCUT2D eigenvalue weighted by Gasteiger charge is 2.61. The Morgan fingerprint density at radius 1 is 1.28 bits per heavy atom. The van der Waals surface area contributed by atoms with Crippen molar-refractivity contribution >= 4 is 29.2 Å². The molecule has 0 bridgehead atoms. The number of benzene rings is 1. The number of urea groups is 1. The van der Waals surface area contributed by atoms with Gasteiger partial charge in [0.2, 0.25) is 11.8 Å². The van der Waals surface area contributed by atoms with Gasteiger partial charge in [0.05, 0.1) is 11.0 Å². The van der Waals surface area contributed by atoms with Crippen LogP contribution in [0, 0.1) is 15.5 Å². The van der Waals surface area contributed by atoms with Gasteiger partial charge in [-0.25, -0.2) is 4.79 Å². The maximum atomic E-state index is 13.5. The molecule has 4 amide bonds. The zero-order valence-electron chi connectivity index (χ0n) is 15.9. The molecule has 1 N–H and O–H groups in total. The monoisotopic (exact) mass is 398 g/mol. The number of carbonyl (C=O) groups excluding carboxylic acids is 3. The van der Waals surface area contributed by atoms with Crippen LogP contribution >= 0.6 is 0 Å².